The average molecular weight is 180 g/mol. The van der Waals surface area contributed by atoms with E-state index in [2.05, 4.69) is 17.1 Å². The predicted molar refractivity (Wildman–Crippen MR) is 55.5 cm³/mol. The summed E-state index contributed by atoms with van der Waals surface area (Å²) in [5.74, 6) is 1.02. The van der Waals surface area contributed by atoms with Gasteiger partial charge in [0.2, 0.25) is 0 Å². The Labute approximate surface area is 80.8 Å². The smallest absolute Gasteiger partial charge is 0.0166 e. The third kappa shape index (κ3) is 3.12. The topological polar surface area (TPSA) is 29.3 Å². The molecule has 13 heavy (non-hydrogen) atoms. The van der Waals surface area contributed by atoms with E-state index < -0.39 is 0 Å². The Balaban J connectivity index is 1.71. The normalized spacial score (nSPS) is 23.2. The summed E-state index contributed by atoms with van der Waals surface area (Å²) in [7, 11) is 0. The van der Waals surface area contributed by atoms with E-state index in [0.29, 0.717) is 6.54 Å². The van der Waals surface area contributed by atoms with Crippen molar-refractivity contribution in [3.63, 3.8) is 0 Å². The van der Waals surface area contributed by atoms with Gasteiger partial charge in [-0.3, -0.25) is 4.90 Å². The molecule has 0 amide bonds. The first-order chi connectivity index (χ1) is 6.40. The van der Waals surface area contributed by atoms with Crippen molar-refractivity contribution in [3.8, 4) is 0 Å². The van der Waals surface area contributed by atoms with Gasteiger partial charge in [-0.15, -0.1) is 0 Å². The summed E-state index contributed by atoms with van der Waals surface area (Å²) >= 11 is 0. The van der Waals surface area contributed by atoms with E-state index in [1.54, 1.807) is 0 Å². The Bertz CT molecular complexity index is 181. The maximum atomic E-state index is 5.41. The lowest BCUT2D eigenvalue weighted by molar-refractivity contribution is 0.280. The molecular weight excluding hydrogens is 160 g/mol. The summed E-state index contributed by atoms with van der Waals surface area (Å²) in [6.45, 7) is 3.14. The van der Waals surface area contributed by atoms with Gasteiger partial charge in [-0.05, 0) is 31.6 Å². The van der Waals surface area contributed by atoms with Crippen molar-refractivity contribution in [2.75, 3.05) is 19.6 Å². The van der Waals surface area contributed by atoms with Crippen molar-refractivity contribution in [2.24, 2.45) is 11.7 Å². The highest BCUT2D eigenvalue weighted by Crippen LogP contribution is 2.34. The lowest BCUT2D eigenvalue weighted by atomic mass is 10.3. The second-order valence-corrected chi connectivity index (χ2v) is 4.34. The van der Waals surface area contributed by atoms with Crippen molar-refractivity contribution in [1.82, 2.24) is 4.90 Å². The van der Waals surface area contributed by atoms with Crippen LogP contribution in [0.5, 0.6) is 0 Å². The first-order valence-electron chi connectivity index (χ1n) is 5.49. The fraction of sp³-hybridized carbons (Fsp3) is 0.818. The summed E-state index contributed by atoms with van der Waals surface area (Å²) in [6, 6.07) is 0.906. The number of rotatable bonds is 6. The van der Waals surface area contributed by atoms with Gasteiger partial charge in [-0.2, -0.15) is 0 Å². The van der Waals surface area contributed by atoms with E-state index >= 15 is 0 Å². The lowest BCUT2D eigenvalue weighted by Gasteiger charge is -2.19. The highest BCUT2D eigenvalue weighted by Gasteiger charge is 2.32. The fourth-order valence-electron chi connectivity index (χ4n) is 1.75. The minimum atomic E-state index is 0.682. The van der Waals surface area contributed by atoms with Crippen LogP contribution in [0, 0.1) is 5.92 Å². The van der Waals surface area contributed by atoms with E-state index in [-0.39, 0.29) is 0 Å². The zero-order valence-corrected chi connectivity index (χ0v) is 8.28. The first-order valence-corrected chi connectivity index (χ1v) is 5.49. The molecule has 0 aromatic carbocycles. The second kappa shape index (κ2) is 4.25. The lowest BCUT2D eigenvalue weighted by Crippen LogP contribution is -2.28. The first kappa shape index (κ1) is 9.22. The van der Waals surface area contributed by atoms with Crippen molar-refractivity contribution < 1.29 is 0 Å². The van der Waals surface area contributed by atoms with Crippen LogP contribution in [0.15, 0.2) is 12.2 Å². The second-order valence-electron chi connectivity index (χ2n) is 4.34. The molecule has 0 aromatic heterocycles. The van der Waals surface area contributed by atoms with Crippen LogP contribution in [0.25, 0.3) is 0 Å². The molecule has 0 aromatic rings. The molecule has 2 fully saturated rings. The van der Waals surface area contributed by atoms with E-state index in [4.69, 9.17) is 5.73 Å². The molecule has 2 heteroatoms. The van der Waals surface area contributed by atoms with Gasteiger partial charge in [-0.25, -0.2) is 0 Å². The summed E-state index contributed by atoms with van der Waals surface area (Å²) < 4.78 is 0. The third-order valence-electron chi connectivity index (χ3n) is 2.90. The molecule has 2 nitrogen and oxygen atoms in total. The van der Waals surface area contributed by atoms with Crippen molar-refractivity contribution >= 4 is 0 Å². The van der Waals surface area contributed by atoms with Crippen LogP contribution in [0.4, 0.5) is 0 Å². The molecular formula is C11H20N2. The molecule has 0 aliphatic heterocycles. The number of hydrogen-bond donors (Lipinski definition) is 1. The molecule has 0 atom stereocenters. The highest BCUT2D eigenvalue weighted by molar-refractivity contribution is 4.94. The molecule has 0 spiro atoms. The molecule has 2 N–H and O–H groups in total. The standard InChI is InChI=1S/C11H20N2/c12-7-1-2-8-13(11-5-6-11)9-10-3-4-10/h1-2,10-11H,3-9,12H2. The number of nitrogens with two attached hydrogens (primary N) is 1. The molecule has 74 valence electrons. The molecule has 2 rings (SSSR count). The van der Waals surface area contributed by atoms with Crippen molar-refractivity contribution in [3.05, 3.63) is 12.2 Å². The number of hydrogen-bond acceptors (Lipinski definition) is 2. The summed E-state index contributed by atoms with van der Waals surface area (Å²) in [4.78, 5) is 2.63. The van der Waals surface area contributed by atoms with E-state index in [0.717, 1.165) is 18.5 Å². The van der Waals surface area contributed by atoms with Gasteiger partial charge in [0.05, 0.1) is 0 Å². The monoisotopic (exact) mass is 180 g/mol. The molecule has 0 bridgehead atoms. The van der Waals surface area contributed by atoms with Gasteiger partial charge in [0.15, 0.2) is 0 Å². The van der Waals surface area contributed by atoms with E-state index in [9.17, 15) is 0 Å². The van der Waals surface area contributed by atoms with Crippen molar-refractivity contribution in [1.29, 1.82) is 0 Å². The van der Waals surface area contributed by atoms with Gasteiger partial charge in [0.1, 0.15) is 0 Å². The highest BCUT2D eigenvalue weighted by atomic mass is 15.2. The van der Waals surface area contributed by atoms with E-state index in [1.807, 2.05) is 0 Å². The van der Waals surface area contributed by atoms with Crippen LogP contribution >= 0.6 is 0 Å². The van der Waals surface area contributed by atoms with Crippen LogP contribution in [0.2, 0.25) is 0 Å². The van der Waals surface area contributed by atoms with Gasteiger partial charge in [0.25, 0.3) is 0 Å². The maximum absolute atomic E-state index is 5.41. The third-order valence-corrected chi connectivity index (χ3v) is 2.90. The predicted octanol–water partition coefficient (Wildman–Crippen LogP) is 1.38. The minimum absolute atomic E-state index is 0.682. The Morgan fingerprint density at radius 3 is 2.46 bits per heavy atom. The van der Waals surface area contributed by atoms with Crippen LogP contribution in [0.3, 0.4) is 0 Å². The SMILES string of the molecule is NCC=CCN(CC1CC1)C1CC1. The molecule has 0 radical (unpaired) electrons. The Hall–Kier alpha value is -0.340. The largest absolute Gasteiger partial charge is 0.327 e. The Morgan fingerprint density at radius 1 is 1.15 bits per heavy atom. The maximum Gasteiger partial charge on any atom is 0.0166 e. The van der Waals surface area contributed by atoms with Gasteiger partial charge in [0, 0.05) is 25.7 Å². The van der Waals surface area contributed by atoms with Gasteiger partial charge in [-0.1, -0.05) is 12.2 Å². The molecule has 0 unspecified atom stereocenters. The number of nitrogens with zero attached hydrogens (tertiary/aromatic N) is 1. The molecule has 0 heterocycles. The van der Waals surface area contributed by atoms with Crippen molar-refractivity contribution in [2.45, 2.75) is 31.7 Å². The minimum Gasteiger partial charge on any atom is -0.327 e. The fourth-order valence-corrected chi connectivity index (χ4v) is 1.75. The van der Waals surface area contributed by atoms with Gasteiger partial charge >= 0.3 is 0 Å². The van der Waals surface area contributed by atoms with Crippen LogP contribution in [0.1, 0.15) is 25.7 Å². The molecule has 0 saturated heterocycles. The van der Waals surface area contributed by atoms with Crippen LogP contribution in [-0.4, -0.2) is 30.6 Å². The molecule has 2 aliphatic rings. The zero-order valence-electron chi connectivity index (χ0n) is 8.28. The van der Waals surface area contributed by atoms with Crippen LogP contribution in [-0.2, 0) is 0 Å². The quantitative estimate of drug-likeness (QED) is 0.626. The Morgan fingerprint density at radius 2 is 1.92 bits per heavy atom. The Kier molecular flexibility index (Phi) is 3.01. The average Bonchev–Trinajstić information content (AvgIpc) is 2.98. The molecule has 2 saturated carbocycles. The summed E-state index contributed by atoms with van der Waals surface area (Å²) in [5.41, 5.74) is 5.41. The summed E-state index contributed by atoms with van der Waals surface area (Å²) in [5, 5.41) is 0. The zero-order chi connectivity index (χ0) is 9.10. The van der Waals surface area contributed by atoms with E-state index in [1.165, 1.54) is 32.2 Å². The van der Waals surface area contributed by atoms with Crippen LogP contribution < -0.4 is 5.73 Å². The molecule has 2 aliphatic carbocycles. The van der Waals surface area contributed by atoms with Gasteiger partial charge < -0.3 is 5.73 Å². The summed E-state index contributed by atoms with van der Waals surface area (Å²) in [6.07, 6.45) is 10.1.